The van der Waals surface area contributed by atoms with E-state index >= 15 is 0 Å². The highest BCUT2D eigenvalue weighted by Crippen LogP contribution is 2.15. The molecule has 6 nitrogen and oxygen atoms in total. The van der Waals surface area contributed by atoms with Crippen molar-refractivity contribution >= 4 is 27.5 Å². The molecule has 1 saturated heterocycles. The van der Waals surface area contributed by atoms with Crippen molar-refractivity contribution in [3.8, 4) is 0 Å². The van der Waals surface area contributed by atoms with Crippen molar-refractivity contribution in [2.75, 3.05) is 19.6 Å². The first-order chi connectivity index (χ1) is 9.15. The molecule has 2 aromatic heterocycles. The lowest BCUT2D eigenvalue weighted by Crippen LogP contribution is -2.51. The van der Waals surface area contributed by atoms with Gasteiger partial charge in [-0.1, -0.05) is 0 Å². The molecule has 3 rings (SSSR count). The first-order valence-corrected chi connectivity index (χ1v) is 6.96. The molecule has 100 valence electrons. The molecule has 1 aliphatic rings. The van der Waals surface area contributed by atoms with Gasteiger partial charge < -0.3 is 10.2 Å². The normalized spacial score (nSPS) is 19.9. The van der Waals surface area contributed by atoms with Gasteiger partial charge in [-0.05, 0) is 22.9 Å². The van der Waals surface area contributed by atoms with Gasteiger partial charge in [-0.25, -0.2) is 9.50 Å². The van der Waals surface area contributed by atoms with Crippen LogP contribution in [-0.2, 0) is 0 Å². The Bertz CT molecular complexity index is 626. The largest absolute Gasteiger partial charge is 0.336 e. The molecule has 0 saturated carbocycles. The van der Waals surface area contributed by atoms with Crippen LogP contribution in [0, 0.1) is 0 Å². The summed E-state index contributed by atoms with van der Waals surface area (Å²) < 4.78 is 2.45. The number of nitrogens with one attached hydrogen (secondary N) is 1. The summed E-state index contributed by atoms with van der Waals surface area (Å²) in [5.74, 6) is -0.00169. The van der Waals surface area contributed by atoms with Crippen molar-refractivity contribution in [2.45, 2.75) is 13.0 Å². The van der Waals surface area contributed by atoms with Gasteiger partial charge in [-0.15, -0.1) is 0 Å². The van der Waals surface area contributed by atoms with Gasteiger partial charge in [0.25, 0.3) is 5.91 Å². The number of hydrogen-bond acceptors (Lipinski definition) is 4. The summed E-state index contributed by atoms with van der Waals surface area (Å²) >= 11 is 3.34. The first-order valence-electron chi connectivity index (χ1n) is 6.16. The van der Waals surface area contributed by atoms with Crippen LogP contribution in [-0.4, -0.2) is 51.1 Å². The van der Waals surface area contributed by atoms with E-state index in [-0.39, 0.29) is 5.91 Å². The average molecular weight is 324 g/mol. The molecular weight excluding hydrogens is 310 g/mol. The second-order valence-corrected chi connectivity index (χ2v) is 5.62. The molecule has 0 spiro atoms. The van der Waals surface area contributed by atoms with Crippen LogP contribution >= 0.6 is 15.9 Å². The molecular formula is C12H14BrN5O. The standard InChI is InChI=1S/C12H14BrN5O/c1-8-6-17(3-2-14-8)12(19)10-5-16-18-7-9(13)4-15-11(10)18/h4-5,7-8,14H,2-3,6H2,1H3/t8-/m1/s1. The molecule has 1 fully saturated rings. The number of carbonyl (C=O) groups excluding carboxylic acids is 1. The Balaban J connectivity index is 1.93. The highest BCUT2D eigenvalue weighted by atomic mass is 79.9. The van der Waals surface area contributed by atoms with Crippen LogP contribution < -0.4 is 5.32 Å². The summed E-state index contributed by atoms with van der Waals surface area (Å²) in [6.45, 7) is 4.33. The van der Waals surface area contributed by atoms with Crippen molar-refractivity contribution in [1.29, 1.82) is 0 Å². The number of fused-ring (bicyclic) bond motifs is 1. The molecule has 1 N–H and O–H groups in total. The van der Waals surface area contributed by atoms with Gasteiger partial charge in [0.1, 0.15) is 5.56 Å². The van der Waals surface area contributed by atoms with E-state index in [0.717, 1.165) is 17.6 Å². The molecule has 1 aliphatic heterocycles. The van der Waals surface area contributed by atoms with Crippen molar-refractivity contribution in [3.63, 3.8) is 0 Å². The zero-order valence-corrected chi connectivity index (χ0v) is 12.1. The van der Waals surface area contributed by atoms with E-state index in [1.807, 2.05) is 4.90 Å². The van der Waals surface area contributed by atoms with Gasteiger partial charge >= 0.3 is 0 Å². The molecule has 0 aliphatic carbocycles. The third-order valence-corrected chi connectivity index (χ3v) is 3.62. The molecule has 0 bridgehead atoms. The fourth-order valence-electron chi connectivity index (χ4n) is 2.29. The summed E-state index contributed by atoms with van der Waals surface area (Å²) in [6.07, 6.45) is 5.05. The SMILES string of the molecule is C[C@@H]1CN(C(=O)c2cnn3cc(Br)cnc23)CCN1. The first kappa shape index (κ1) is 12.6. The maximum Gasteiger partial charge on any atom is 0.259 e. The average Bonchev–Trinajstić information content (AvgIpc) is 2.80. The fourth-order valence-corrected chi connectivity index (χ4v) is 2.59. The lowest BCUT2D eigenvalue weighted by atomic mass is 10.2. The van der Waals surface area contributed by atoms with E-state index in [2.05, 4.69) is 38.3 Å². The lowest BCUT2D eigenvalue weighted by molar-refractivity contribution is 0.0711. The smallest absolute Gasteiger partial charge is 0.259 e. The Hall–Kier alpha value is -1.47. The van der Waals surface area contributed by atoms with Gasteiger partial charge in [0, 0.05) is 38.1 Å². The minimum Gasteiger partial charge on any atom is -0.336 e. The van der Waals surface area contributed by atoms with Gasteiger partial charge in [-0.3, -0.25) is 4.79 Å². The van der Waals surface area contributed by atoms with Crippen LogP contribution in [0.4, 0.5) is 0 Å². The molecule has 0 unspecified atom stereocenters. The predicted octanol–water partition coefficient (Wildman–Crippen LogP) is 0.926. The van der Waals surface area contributed by atoms with Crippen LogP contribution in [0.2, 0.25) is 0 Å². The zero-order valence-electron chi connectivity index (χ0n) is 10.5. The molecule has 0 radical (unpaired) electrons. The number of halogens is 1. The third kappa shape index (κ3) is 2.35. The number of rotatable bonds is 1. The predicted molar refractivity (Wildman–Crippen MR) is 74.1 cm³/mol. The van der Waals surface area contributed by atoms with Gasteiger partial charge in [0.2, 0.25) is 0 Å². The molecule has 2 aromatic rings. The Kier molecular flexibility index (Phi) is 3.24. The monoisotopic (exact) mass is 323 g/mol. The Morgan fingerprint density at radius 3 is 3.16 bits per heavy atom. The van der Waals surface area contributed by atoms with E-state index in [1.165, 1.54) is 0 Å². The summed E-state index contributed by atoms with van der Waals surface area (Å²) in [4.78, 5) is 18.6. The number of nitrogens with zero attached hydrogens (tertiary/aromatic N) is 4. The van der Waals surface area contributed by atoms with Crippen molar-refractivity contribution < 1.29 is 4.79 Å². The Morgan fingerprint density at radius 2 is 2.37 bits per heavy atom. The third-order valence-electron chi connectivity index (χ3n) is 3.21. The molecule has 0 aromatic carbocycles. The van der Waals surface area contributed by atoms with Crippen LogP contribution in [0.25, 0.3) is 5.65 Å². The maximum atomic E-state index is 12.5. The number of carbonyl (C=O) groups is 1. The molecule has 1 amide bonds. The second-order valence-electron chi connectivity index (χ2n) is 4.70. The Morgan fingerprint density at radius 1 is 1.53 bits per heavy atom. The highest BCUT2D eigenvalue weighted by Gasteiger charge is 2.24. The number of hydrogen-bond donors (Lipinski definition) is 1. The number of amides is 1. The number of aromatic nitrogens is 3. The van der Waals surface area contributed by atoms with E-state index in [1.54, 1.807) is 23.1 Å². The van der Waals surface area contributed by atoms with Crippen molar-refractivity contribution in [1.82, 2.24) is 24.8 Å². The van der Waals surface area contributed by atoms with Crippen LogP contribution in [0.1, 0.15) is 17.3 Å². The summed E-state index contributed by atoms with van der Waals surface area (Å²) in [6, 6.07) is 0.321. The topological polar surface area (TPSA) is 62.5 Å². The van der Waals surface area contributed by atoms with Gasteiger partial charge in [0.05, 0.1) is 10.7 Å². The minimum absolute atomic E-state index is 0.00169. The molecule has 19 heavy (non-hydrogen) atoms. The van der Waals surface area contributed by atoms with E-state index < -0.39 is 0 Å². The zero-order chi connectivity index (χ0) is 13.4. The fraction of sp³-hybridized carbons (Fsp3) is 0.417. The highest BCUT2D eigenvalue weighted by molar-refractivity contribution is 9.10. The molecule has 1 atom stereocenters. The molecule has 7 heteroatoms. The van der Waals surface area contributed by atoms with E-state index in [9.17, 15) is 4.79 Å². The van der Waals surface area contributed by atoms with Crippen LogP contribution in [0.3, 0.4) is 0 Å². The quantitative estimate of drug-likeness (QED) is 0.848. The van der Waals surface area contributed by atoms with Crippen molar-refractivity contribution in [3.05, 3.63) is 28.6 Å². The number of piperazine rings is 1. The summed E-state index contributed by atoms with van der Waals surface area (Å²) in [5, 5.41) is 7.50. The van der Waals surface area contributed by atoms with Gasteiger partial charge in [0.15, 0.2) is 5.65 Å². The maximum absolute atomic E-state index is 12.5. The summed E-state index contributed by atoms with van der Waals surface area (Å²) in [5.41, 5.74) is 1.15. The summed E-state index contributed by atoms with van der Waals surface area (Å²) in [7, 11) is 0. The van der Waals surface area contributed by atoms with Crippen LogP contribution in [0.15, 0.2) is 23.1 Å². The molecule has 3 heterocycles. The van der Waals surface area contributed by atoms with E-state index in [0.29, 0.717) is 23.8 Å². The van der Waals surface area contributed by atoms with E-state index in [4.69, 9.17) is 0 Å². The second kappa shape index (κ2) is 4.90. The van der Waals surface area contributed by atoms with Crippen molar-refractivity contribution in [2.24, 2.45) is 0 Å². The lowest BCUT2D eigenvalue weighted by Gasteiger charge is -2.31. The minimum atomic E-state index is -0.00169. The van der Waals surface area contributed by atoms with Gasteiger partial charge in [-0.2, -0.15) is 5.10 Å². The Labute approximate surface area is 118 Å². The van der Waals surface area contributed by atoms with Crippen LogP contribution in [0.5, 0.6) is 0 Å².